The van der Waals surface area contributed by atoms with E-state index >= 15 is 0 Å². The van der Waals surface area contributed by atoms with Crippen molar-refractivity contribution in [2.24, 2.45) is 15.9 Å². The van der Waals surface area contributed by atoms with Crippen LogP contribution in [0, 0.1) is 29.4 Å². The number of amides is 1. The third kappa shape index (κ3) is 3.14. The number of hydrogen-bond acceptors (Lipinski definition) is 3. The van der Waals surface area contributed by atoms with Gasteiger partial charge in [0.2, 0.25) is 5.91 Å². The largest absolute Gasteiger partial charge is 0.493 e. The molecule has 2 bridgehead atoms. The van der Waals surface area contributed by atoms with E-state index < -0.39 is 23.1 Å². The summed E-state index contributed by atoms with van der Waals surface area (Å²) in [6, 6.07) is 8.87. The van der Waals surface area contributed by atoms with E-state index in [0.29, 0.717) is 18.6 Å². The Morgan fingerprint density at radius 1 is 1.20 bits per heavy atom. The zero-order valence-electron chi connectivity index (χ0n) is 16.5. The molecular weight excluding hydrogens is 454 g/mol. The first kappa shape index (κ1) is 19.7. The van der Waals surface area contributed by atoms with Crippen LogP contribution < -0.4 is 4.74 Å². The summed E-state index contributed by atoms with van der Waals surface area (Å²) < 4.78 is 34.4. The van der Waals surface area contributed by atoms with Gasteiger partial charge in [-0.2, -0.15) is 5.10 Å². The third-order valence-electron chi connectivity index (χ3n) is 6.57. The van der Waals surface area contributed by atoms with Gasteiger partial charge in [0.05, 0.1) is 18.1 Å². The van der Waals surface area contributed by atoms with Crippen molar-refractivity contribution in [3.05, 3.63) is 63.6 Å². The molecule has 7 heteroatoms. The molecule has 2 aromatic rings. The van der Waals surface area contributed by atoms with E-state index in [2.05, 4.69) is 21.0 Å². The molecule has 0 saturated heterocycles. The molecule has 4 aliphatic rings. The fourth-order valence-corrected chi connectivity index (χ4v) is 5.76. The minimum absolute atomic E-state index is 0.0407. The van der Waals surface area contributed by atoms with Gasteiger partial charge in [0, 0.05) is 28.6 Å². The monoisotopic (exact) mass is 474 g/mol. The Morgan fingerprint density at radius 2 is 1.90 bits per heavy atom. The molecule has 3 fully saturated rings. The van der Waals surface area contributed by atoms with Crippen molar-refractivity contribution in [3.8, 4) is 5.75 Å². The predicted octanol–water partition coefficient (Wildman–Crippen LogP) is 5.54. The van der Waals surface area contributed by atoms with E-state index in [1.165, 1.54) is 17.1 Å². The summed E-state index contributed by atoms with van der Waals surface area (Å²) in [4.78, 5) is 13.2. The second-order valence-corrected chi connectivity index (χ2v) is 9.83. The van der Waals surface area contributed by atoms with Crippen LogP contribution in [-0.2, 0) is 4.79 Å². The average molecular weight is 475 g/mol. The first-order valence-corrected chi connectivity index (χ1v) is 10.8. The second kappa shape index (κ2) is 6.87. The summed E-state index contributed by atoms with van der Waals surface area (Å²) in [5.41, 5.74) is 1.13. The Balaban J connectivity index is 1.24. The quantitative estimate of drug-likeness (QED) is 0.570. The molecule has 0 radical (unpaired) electrons. The Morgan fingerprint density at radius 3 is 2.57 bits per heavy atom. The smallest absolute Gasteiger partial charge is 0.249 e. The summed E-state index contributed by atoms with van der Waals surface area (Å²) in [5.74, 6) is -0.475. The number of rotatable bonds is 5. The van der Waals surface area contributed by atoms with Gasteiger partial charge in [-0.3, -0.25) is 4.79 Å². The molecule has 1 unspecified atom stereocenters. The molecule has 4 nitrogen and oxygen atoms in total. The lowest BCUT2D eigenvalue weighted by Gasteiger charge is -2.69. The second-order valence-electron chi connectivity index (χ2n) is 8.91. The van der Waals surface area contributed by atoms with Crippen LogP contribution >= 0.6 is 15.9 Å². The van der Waals surface area contributed by atoms with Crippen LogP contribution in [0.4, 0.5) is 8.78 Å². The van der Waals surface area contributed by atoms with Gasteiger partial charge in [-0.15, -0.1) is 0 Å². The zero-order chi connectivity index (χ0) is 21.1. The van der Waals surface area contributed by atoms with Crippen LogP contribution in [0.25, 0.3) is 0 Å². The van der Waals surface area contributed by atoms with Crippen LogP contribution in [0.1, 0.15) is 42.9 Å². The number of carbonyl (C=O) groups excluding carboxylic acids is 1. The minimum atomic E-state index is -0.644. The lowest BCUT2D eigenvalue weighted by atomic mass is 9.35. The normalized spacial score (nSPS) is 28.8. The molecule has 0 N–H and O–H groups in total. The van der Waals surface area contributed by atoms with Crippen molar-refractivity contribution >= 4 is 28.1 Å². The number of nitrogens with zero attached hydrogens (tertiary/aromatic N) is 2. The van der Waals surface area contributed by atoms with Gasteiger partial charge >= 0.3 is 0 Å². The fourth-order valence-electron chi connectivity index (χ4n) is 5.28. The van der Waals surface area contributed by atoms with Crippen LogP contribution in [0.15, 0.2) is 46.0 Å². The summed E-state index contributed by atoms with van der Waals surface area (Å²) in [6.07, 6.45) is 4.41. The van der Waals surface area contributed by atoms with Gasteiger partial charge in [-0.05, 0) is 67.6 Å². The molecule has 1 aliphatic heterocycles. The molecule has 3 aliphatic carbocycles. The van der Waals surface area contributed by atoms with E-state index in [1.807, 2.05) is 25.1 Å². The van der Waals surface area contributed by atoms with Gasteiger partial charge in [0.15, 0.2) is 0 Å². The van der Waals surface area contributed by atoms with Crippen molar-refractivity contribution < 1.29 is 18.3 Å². The highest BCUT2D eigenvalue weighted by Gasteiger charge is 2.72. The lowest BCUT2D eigenvalue weighted by molar-refractivity contribution is -0.226. The summed E-state index contributed by atoms with van der Waals surface area (Å²) >= 11 is 3.45. The predicted molar refractivity (Wildman–Crippen MR) is 112 cm³/mol. The summed E-state index contributed by atoms with van der Waals surface area (Å²) in [5, 5.41) is 5.67. The minimum Gasteiger partial charge on any atom is -0.493 e. The summed E-state index contributed by atoms with van der Waals surface area (Å²) in [7, 11) is 0. The maximum atomic E-state index is 13.7. The Hall–Kier alpha value is -2.28. The Bertz CT molecular complexity index is 1030. The van der Waals surface area contributed by atoms with Gasteiger partial charge < -0.3 is 4.74 Å². The number of benzene rings is 2. The Labute approximate surface area is 182 Å². The number of carbonyl (C=O) groups is 1. The van der Waals surface area contributed by atoms with E-state index in [0.717, 1.165) is 41.1 Å². The molecule has 3 saturated carbocycles. The van der Waals surface area contributed by atoms with E-state index in [9.17, 15) is 13.6 Å². The number of aryl methyl sites for hydroxylation is 1. The van der Waals surface area contributed by atoms with E-state index in [1.54, 1.807) is 6.21 Å². The molecule has 6 rings (SSSR count). The van der Waals surface area contributed by atoms with E-state index in [-0.39, 0.29) is 11.3 Å². The molecule has 156 valence electrons. The number of hydrazone groups is 1. The Kier molecular flexibility index (Phi) is 4.51. The number of ether oxygens (including phenoxy) is 1. The fraction of sp³-hybridized carbons (Fsp3) is 0.391. The van der Waals surface area contributed by atoms with Crippen molar-refractivity contribution in [1.29, 1.82) is 0 Å². The highest BCUT2D eigenvalue weighted by molar-refractivity contribution is 9.10. The summed E-state index contributed by atoms with van der Waals surface area (Å²) in [6.45, 7) is 2.60. The zero-order valence-corrected chi connectivity index (χ0v) is 18.1. The van der Waals surface area contributed by atoms with Crippen LogP contribution in [0.5, 0.6) is 5.75 Å². The maximum absolute atomic E-state index is 13.7. The van der Waals surface area contributed by atoms with E-state index in [4.69, 9.17) is 4.74 Å². The molecule has 30 heavy (non-hydrogen) atoms. The molecule has 1 amide bonds. The van der Waals surface area contributed by atoms with Gasteiger partial charge in [-0.1, -0.05) is 15.9 Å². The number of halogens is 3. The van der Waals surface area contributed by atoms with Crippen molar-refractivity contribution in [2.45, 2.75) is 38.6 Å². The van der Waals surface area contributed by atoms with Crippen molar-refractivity contribution in [2.75, 3.05) is 6.61 Å². The molecule has 1 heterocycles. The molecule has 2 aromatic carbocycles. The topological polar surface area (TPSA) is 41.9 Å². The van der Waals surface area contributed by atoms with Crippen molar-refractivity contribution in [1.82, 2.24) is 5.01 Å². The lowest BCUT2D eigenvalue weighted by Crippen LogP contribution is -2.69. The highest BCUT2D eigenvalue weighted by atomic mass is 79.9. The van der Waals surface area contributed by atoms with Crippen molar-refractivity contribution in [3.63, 3.8) is 0 Å². The average Bonchev–Trinajstić information content (AvgIpc) is 3.09. The van der Waals surface area contributed by atoms with Crippen LogP contribution in [0.3, 0.4) is 0 Å². The molecule has 1 atom stereocenters. The first-order valence-electron chi connectivity index (χ1n) is 10.0. The third-order valence-corrected chi connectivity index (χ3v) is 7.07. The standard InChI is InChI=1S/C23H21BrF2N2O2/c1-14-6-16(24)2-3-20(14)30-13-22-10-23(11-22,12-22)21(29)28-19(4-5-27-28)15-7-17(25)9-18(26)8-15/h2-3,5-9,19H,4,10-13H2,1H3. The van der Waals surface area contributed by atoms with Gasteiger partial charge in [0.25, 0.3) is 0 Å². The SMILES string of the molecule is Cc1cc(Br)ccc1OCC12CC(C(=O)N3N=CCC3c3cc(F)cc(F)c3)(C1)C2. The highest BCUT2D eigenvalue weighted by Crippen LogP contribution is 2.74. The number of hydrogen-bond donors (Lipinski definition) is 0. The van der Waals surface area contributed by atoms with Crippen LogP contribution in [0.2, 0.25) is 0 Å². The first-order chi connectivity index (χ1) is 14.3. The molecule has 0 aromatic heterocycles. The van der Waals surface area contributed by atoms with Crippen LogP contribution in [-0.4, -0.2) is 23.7 Å². The van der Waals surface area contributed by atoms with Gasteiger partial charge in [0.1, 0.15) is 17.4 Å². The maximum Gasteiger partial charge on any atom is 0.249 e. The molecular formula is C23H21BrF2N2O2. The molecule has 0 spiro atoms. The van der Waals surface area contributed by atoms with Gasteiger partial charge in [-0.25, -0.2) is 13.8 Å².